The van der Waals surface area contributed by atoms with Crippen molar-refractivity contribution in [3.63, 3.8) is 0 Å². The Morgan fingerprint density at radius 1 is 0.562 bits per heavy atom. The predicted molar refractivity (Wildman–Crippen MR) is 474 cm³/mol. The average molecular weight is 1800 g/mol. The molecular formula is C87H125N21O19S. The van der Waals surface area contributed by atoms with Gasteiger partial charge in [0.2, 0.25) is 100 Å². The quantitative estimate of drug-likeness (QED) is 0.0342. The fraction of sp³-hybridized carbons (Fsp3) is 0.552. The molecule has 0 bridgehead atoms. The number of aromatic amines is 2. The number of H-pyrrole nitrogens is 2. The second-order valence-electron chi connectivity index (χ2n) is 33.9. The van der Waals surface area contributed by atoms with Gasteiger partial charge in [0.15, 0.2) is 0 Å². The molecule has 3 aliphatic rings. The fourth-order valence-electron chi connectivity index (χ4n) is 16.0. The van der Waals surface area contributed by atoms with Crippen molar-refractivity contribution in [3.8, 4) is 5.75 Å². The monoisotopic (exact) mass is 1800 g/mol. The zero-order valence-corrected chi connectivity index (χ0v) is 74.9. The number of para-hydroxylation sites is 2. The van der Waals surface area contributed by atoms with Gasteiger partial charge in [-0.25, -0.2) is 0 Å². The molecule has 3 fully saturated rings. The Labute approximate surface area is 746 Å². The highest BCUT2D eigenvalue weighted by molar-refractivity contribution is 8.00. The Morgan fingerprint density at radius 2 is 1.09 bits per heavy atom. The zero-order valence-electron chi connectivity index (χ0n) is 74.1. The van der Waals surface area contributed by atoms with Crippen LogP contribution in [0.1, 0.15) is 142 Å². The molecule has 0 spiro atoms. The van der Waals surface area contributed by atoms with Crippen LogP contribution in [0.2, 0.25) is 0 Å². The Hall–Kier alpha value is -12.2. The molecule has 0 aliphatic carbocycles. The molecule has 128 heavy (non-hydrogen) atoms. The van der Waals surface area contributed by atoms with Gasteiger partial charge in [-0.1, -0.05) is 102 Å². The van der Waals surface area contributed by atoms with E-state index in [-0.39, 0.29) is 94.7 Å². The van der Waals surface area contributed by atoms with E-state index in [0.29, 0.717) is 64.2 Å². The number of phenolic OH excluding ortho intramolecular Hbond substituents is 1. The van der Waals surface area contributed by atoms with Gasteiger partial charge in [0.1, 0.15) is 89.8 Å². The van der Waals surface area contributed by atoms with Crippen molar-refractivity contribution < 1.29 is 91.7 Å². The summed E-state index contributed by atoms with van der Waals surface area (Å²) in [5, 5.41) is 49.3. The highest BCUT2D eigenvalue weighted by Gasteiger charge is 2.48. The van der Waals surface area contributed by atoms with Gasteiger partial charge in [-0.05, 0) is 113 Å². The molecule has 2 aromatic heterocycles. The van der Waals surface area contributed by atoms with E-state index in [0.717, 1.165) is 26.5 Å². The van der Waals surface area contributed by atoms with E-state index < -0.39 is 222 Å². The van der Waals surface area contributed by atoms with Gasteiger partial charge in [-0.15, -0.1) is 11.8 Å². The third-order valence-electron chi connectivity index (χ3n) is 23.2. The normalized spacial score (nSPS) is 25.4. The number of phenols is 1. The number of aliphatic hydroxyl groups excluding tert-OH is 1. The van der Waals surface area contributed by atoms with Crippen LogP contribution >= 0.6 is 11.8 Å². The molecule has 41 heteroatoms. The Morgan fingerprint density at radius 3 is 1.69 bits per heavy atom. The van der Waals surface area contributed by atoms with Crippen LogP contribution in [-0.4, -0.2) is 301 Å². The van der Waals surface area contributed by atoms with Gasteiger partial charge in [0, 0.05) is 106 Å². The lowest BCUT2D eigenvalue weighted by Crippen LogP contribution is -2.64. The molecule has 17 amide bonds. The molecule has 0 saturated carbocycles. The number of hydrogen-bond acceptors (Lipinski definition) is 22. The molecule has 14 atom stereocenters. The summed E-state index contributed by atoms with van der Waals surface area (Å²) in [6, 6.07) is 0.467. The van der Waals surface area contributed by atoms with Gasteiger partial charge in [-0.3, -0.25) is 81.5 Å². The lowest BCUT2D eigenvalue weighted by molar-refractivity contribution is -0.149. The summed E-state index contributed by atoms with van der Waals surface area (Å²) in [7, 11) is 4.01. The van der Waals surface area contributed by atoms with Crippen LogP contribution in [0.3, 0.4) is 0 Å². The van der Waals surface area contributed by atoms with Crippen molar-refractivity contribution in [3.05, 3.63) is 102 Å². The number of nitrogens with one attached hydrogen (secondary N) is 12. The van der Waals surface area contributed by atoms with E-state index in [1.807, 2.05) is 26.0 Å². The number of fused-ring (bicyclic) bond motifs is 4. The first-order valence-electron chi connectivity index (χ1n) is 43.2. The van der Waals surface area contributed by atoms with E-state index in [1.54, 1.807) is 62.6 Å². The first kappa shape index (κ1) is 101. The number of rotatable bonds is 22. The average Bonchev–Trinajstić information content (AvgIpc) is 1.65. The first-order chi connectivity index (χ1) is 60.7. The lowest BCUT2D eigenvalue weighted by Gasteiger charge is -2.36. The van der Waals surface area contributed by atoms with E-state index in [9.17, 15) is 63.0 Å². The van der Waals surface area contributed by atoms with Crippen LogP contribution < -0.4 is 76.1 Å². The number of nitrogens with zero attached hydrogens (tertiary/aromatic N) is 5. The van der Waals surface area contributed by atoms with Crippen molar-refractivity contribution in [1.82, 2.24) is 87.6 Å². The van der Waals surface area contributed by atoms with Gasteiger partial charge < -0.3 is 121 Å². The van der Waals surface area contributed by atoms with Crippen molar-refractivity contribution in [2.75, 3.05) is 65.4 Å². The minimum absolute atomic E-state index is 0.00801. The molecule has 40 nitrogen and oxygen atoms in total. The number of aliphatic hydroxyl groups is 1. The molecule has 8 rings (SSSR count). The summed E-state index contributed by atoms with van der Waals surface area (Å²) in [5.41, 5.74) is 24.4. The van der Waals surface area contributed by atoms with Crippen LogP contribution in [0, 0.1) is 5.92 Å². The summed E-state index contributed by atoms with van der Waals surface area (Å²) in [4.78, 5) is 260. The van der Waals surface area contributed by atoms with Crippen LogP contribution in [0.15, 0.2) is 85.2 Å². The molecule has 3 aliphatic heterocycles. The number of primary amides is 2. The molecule has 0 radical (unpaired) electrons. The number of aromatic hydroxyl groups is 1. The predicted octanol–water partition coefficient (Wildman–Crippen LogP) is -2.43. The number of likely N-dealkylation sites (N-methyl/N-ethyl adjacent to an activating group) is 3. The van der Waals surface area contributed by atoms with Crippen LogP contribution in [-0.2, 0) is 101 Å². The fourth-order valence-corrected chi connectivity index (χ4v) is 16.8. The van der Waals surface area contributed by atoms with Crippen molar-refractivity contribution >= 4 is 134 Å². The van der Waals surface area contributed by atoms with Gasteiger partial charge in [0.05, 0.1) is 24.8 Å². The maximum atomic E-state index is 15.8. The smallest absolute Gasteiger partial charge is 0.248 e. The molecule has 3 aromatic carbocycles. The number of benzene rings is 3. The third kappa shape index (κ3) is 27.2. The van der Waals surface area contributed by atoms with Crippen molar-refractivity contribution in [2.45, 2.75) is 235 Å². The van der Waals surface area contributed by atoms with E-state index >= 15 is 28.8 Å². The Balaban J connectivity index is 1.17. The van der Waals surface area contributed by atoms with E-state index in [4.69, 9.17) is 22.9 Å². The minimum Gasteiger partial charge on any atom is -0.508 e. The summed E-state index contributed by atoms with van der Waals surface area (Å²) >= 11 is 0.800. The molecule has 0 unspecified atom stereocenters. The summed E-state index contributed by atoms with van der Waals surface area (Å²) in [6.45, 7) is 9.09. The van der Waals surface area contributed by atoms with Crippen LogP contribution in [0.25, 0.3) is 21.8 Å². The SMILES string of the molecule is CCCC[C@H]1C(=O)N(C)[C@@H](CCCC)C(=O)N[C@@H](CC(C)C)C(=O)N[C@H](C(=O)NCC(N)=O)CSCC(=O)N[C@@H](Cc2ccc(O)cc2)C(=O)N(C)[C@@H](C)C(=O)N[C@@H](CC(N)=O)C(=O)N2CCC[C@H]2C(=O)N[C@@H](CN)C(=O)NC(C)(C)C(=O)N2C[C@H](O)C[C@H]2C(=O)N[C@@H](Cc2c[nH]c3ccccc23)C(=O)N[C@@H](CCN)C(=O)N[C@@H](Cc2c[nH]c3ccccc23)C(=O)N1C. The Bertz CT molecular complexity index is 4830. The Kier molecular flexibility index (Phi) is 37.1. The van der Waals surface area contributed by atoms with Crippen LogP contribution in [0.5, 0.6) is 5.75 Å². The van der Waals surface area contributed by atoms with E-state index in [2.05, 4.69) is 63.1 Å². The highest BCUT2D eigenvalue weighted by Crippen LogP contribution is 2.28. The maximum absolute atomic E-state index is 15.8. The van der Waals surface area contributed by atoms with Crippen molar-refractivity contribution in [2.24, 2.45) is 28.9 Å². The van der Waals surface area contributed by atoms with Gasteiger partial charge in [0.25, 0.3) is 0 Å². The second-order valence-corrected chi connectivity index (χ2v) is 34.9. The van der Waals surface area contributed by atoms with Crippen molar-refractivity contribution in [1.29, 1.82) is 0 Å². The van der Waals surface area contributed by atoms with Gasteiger partial charge in [-0.2, -0.15) is 0 Å². The van der Waals surface area contributed by atoms with Crippen LogP contribution in [0.4, 0.5) is 0 Å². The molecule has 3 saturated heterocycles. The molecule has 5 aromatic rings. The second kappa shape index (κ2) is 47.0. The maximum Gasteiger partial charge on any atom is 0.248 e. The summed E-state index contributed by atoms with van der Waals surface area (Å²) < 4.78 is 0. The number of unbranched alkanes of at least 4 members (excludes halogenated alkanes) is 2. The number of nitrogens with two attached hydrogens (primary N) is 4. The molecular weight excluding hydrogens is 1680 g/mol. The lowest BCUT2D eigenvalue weighted by atomic mass is 9.99. The number of carbonyl (C=O) groups is 17. The highest BCUT2D eigenvalue weighted by atomic mass is 32.2. The molecule has 698 valence electrons. The van der Waals surface area contributed by atoms with Gasteiger partial charge >= 0.3 is 0 Å². The largest absolute Gasteiger partial charge is 0.508 e. The third-order valence-corrected chi connectivity index (χ3v) is 24.2. The number of aromatic nitrogens is 2. The zero-order chi connectivity index (χ0) is 94.1. The number of carbonyl (C=O) groups excluding carboxylic acids is 17. The summed E-state index contributed by atoms with van der Waals surface area (Å²) in [5.74, 6) is -16.8. The molecule has 5 heterocycles. The first-order valence-corrected chi connectivity index (χ1v) is 44.4. The molecule has 22 N–H and O–H groups in total. The topological polar surface area (TPSA) is 603 Å². The van der Waals surface area contributed by atoms with E-state index in [1.165, 1.54) is 76.0 Å². The minimum atomic E-state index is -1.96. The number of amides is 17. The number of hydrogen-bond donors (Lipinski definition) is 18. The number of thioether (sulfide) groups is 1. The standard InChI is InChI=1S/C87H125N21O19S/c1-11-13-24-66-79(120)97-59(34-47(3)4)76(117)102-65(74(115)94-43-71(91)112)45-128-46-72(113)95-61(35-49-27-29-52(109)30-28-49)82(123)104(8)48(5)73(114)99-63(39-70(90)111)84(125)107-33-19-26-67(107)80(121)101-64(40-89)78(119)103-87(6,7)86(127)108-44-53(110)38-69(108)81(122)98-60(36-50-41-92-56-22-17-15-20-54(50)56)77(118)96-58(31-32-88)75(116)100-62(37-51-42-93-57-23-18-16-21-55(51)57)83(124)106(10)68(25-14-12-2)85(126)105(66)9/h15-18,20-23,27-30,41-42,47-48,53,58-69,92-93,109-110H,11-14,19,24-26,31-40,43-46,88-89H2,1-10H3,(H2,90,111)(H2,91,112)(H,94,115)(H,95,113)(H,96,118)(H,97,120)(H,98,122)(H,99,114)(H,100,116)(H,101,121)(H,102,117)(H,103,119)/t48-,53+,58-,59-,60-,61-,62-,63-,64-,65-,66-,67-,68-,69-/m0/s1. The summed E-state index contributed by atoms with van der Waals surface area (Å²) in [6.07, 6.45) is 1.88.